The van der Waals surface area contributed by atoms with Crippen LogP contribution >= 0.6 is 0 Å². The van der Waals surface area contributed by atoms with E-state index < -0.39 is 0 Å². The van der Waals surface area contributed by atoms with Crippen molar-refractivity contribution in [2.45, 2.75) is 19.8 Å². The first kappa shape index (κ1) is 11.0. The Bertz CT molecular complexity index is 238. The molecule has 0 aliphatic carbocycles. The van der Waals surface area contributed by atoms with Gasteiger partial charge in [0.1, 0.15) is 5.75 Å². The minimum atomic E-state index is 0.189. The highest BCUT2D eigenvalue weighted by Gasteiger charge is 2.06. The van der Waals surface area contributed by atoms with Gasteiger partial charge in [-0.25, -0.2) is 0 Å². The fourth-order valence-electron chi connectivity index (χ4n) is 1.28. The van der Waals surface area contributed by atoms with Gasteiger partial charge in [0.15, 0.2) is 0 Å². The normalized spacial score (nSPS) is 12.4. The summed E-state index contributed by atoms with van der Waals surface area (Å²) >= 11 is 0. The highest BCUT2D eigenvalue weighted by molar-refractivity contribution is 5.15. The van der Waals surface area contributed by atoms with Gasteiger partial charge in [0, 0.05) is 18.7 Å². The Balaban J connectivity index is 2.32. The highest BCUT2D eigenvalue weighted by Crippen LogP contribution is 2.11. The Morgan fingerprint density at radius 2 is 2.43 bits per heavy atom. The average Bonchev–Trinajstić information content (AvgIpc) is 2.25. The summed E-state index contributed by atoms with van der Waals surface area (Å²) in [6.07, 6.45) is 5.46. The number of hydrogen-bond acceptors (Lipinski definition) is 3. The molecule has 1 unspecified atom stereocenters. The van der Waals surface area contributed by atoms with Crippen molar-refractivity contribution in [3.63, 3.8) is 0 Å². The molecule has 0 aliphatic rings. The van der Waals surface area contributed by atoms with E-state index in [0.29, 0.717) is 6.61 Å². The van der Waals surface area contributed by atoms with Crippen molar-refractivity contribution in [1.29, 1.82) is 0 Å². The summed E-state index contributed by atoms with van der Waals surface area (Å²) in [5.41, 5.74) is 0. The van der Waals surface area contributed by atoms with Crippen LogP contribution in [0.3, 0.4) is 0 Å². The number of rotatable bonds is 6. The Labute approximate surface area is 84.7 Å². The van der Waals surface area contributed by atoms with Crippen molar-refractivity contribution in [3.05, 3.63) is 24.5 Å². The van der Waals surface area contributed by atoms with Crippen molar-refractivity contribution in [3.8, 4) is 5.75 Å². The maximum absolute atomic E-state index is 9.04. The third kappa shape index (κ3) is 3.75. The zero-order chi connectivity index (χ0) is 10.2. The number of aliphatic hydroxyl groups is 1. The Morgan fingerprint density at radius 3 is 3.00 bits per heavy atom. The second kappa shape index (κ2) is 6.38. The van der Waals surface area contributed by atoms with Gasteiger partial charge in [-0.1, -0.05) is 13.3 Å². The summed E-state index contributed by atoms with van der Waals surface area (Å²) in [6, 6.07) is 3.70. The largest absolute Gasteiger partial charge is 0.492 e. The summed E-state index contributed by atoms with van der Waals surface area (Å²) in [7, 11) is 0. The molecule has 0 aromatic carbocycles. The van der Waals surface area contributed by atoms with Gasteiger partial charge in [-0.05, 0) is 18.6 Å². The van der Waals surface area contributed by atoms with Gasteiger partial charge < -0.3 is 9.84 Å². The molecule has 0 radical (unpaired) electrons. The third-order valence-electron chi connectivity index (χ3n) is 2.08. The first-order valence-corrected chi connectivity index (χ1v) is 5.00. The zero-order valence-corrected chi connectivity index (χ0v) is 8.52. The standard InChI is InChI=1S/C11H17NO2/c1-2-4-10(8-13)9-14-11-5-3-6-12-7-11/h3,5-7,10,13H,2,4,8-9H2,1H3. The fourth-order valence-corrected chi connectivity index (χ4v) is 1.28. The van der Waals surface area contributed by atoms with E-state index in [1.165, 1.54) is 0 Å². The van der Waals surface area contributed by atoms with Crippen molar-refractivity contribution < 1.29 is 9.84 Å². The smallest absolute Gasteiger partial charge is 0.137 e. The van der Waals surface area contributed by atoms with Crippen LogP contribution in [0.25, 0.3) is 0 Å². The first-order chi connectivity index (χ1) is 6.86. The molecule has 3 heteroatoms. The zero-order valence-electron chi connectivity index (χ0n) is 8.52. The van der Waals surface area contributed by atoms with E-state index in [-0.39, 0.29) is 12.5 Å². The molecule has 0 bridgehead atoms. The molecule has 0 saturated heterocycles. The van der Waals surface area contributed by atoms with Crippen molar-refractivity contribution in [1.82, 2.24) is 4.98 Å². The molecular formula is C11H17NO2. The van der Waals surface area contributed by atoms with E-state index in [0.717, 1.165) is 18.6 Å². The number of nitrogens with zero attached hydrogens (tertiary/aromatic N) is 1. The van der Waals surface area contributed by atoms with Crippen LogP contribution in [-0.2, 0) is 0 Å². The average molecular weight is 195 g/mol. The number of pyridine rings is 1. The minimum Gasteiger partial charge on any atom is -0.492 e. The van der Waals surface area contributed by atoms with Crippen LogP contribution in [-0.4, -0.2) is 23.3 Å². The third-order valence-corrected chi connectivity index (χ3v) is 2.08. The molecule has 0 spiro atoms. The topological polar surface area (TPSA) is 42.4 Å². The number of aliphatic hydroxyl groups excluding tert-OH is 1. The Hall–Kier alpha value is -1.09. The minimum absolute atomic E-state index is 0.189. The van der Waals surface area contributed by atoms with Crippen LogP contribution in [0.1, 0.15) is 19.8 Å². The molecular weight excluding hydrogens is 178 g/mol. The quantitative estimate of drug-likeness (QED) is 0.753. The molecule has 1 aromatic rings. The SMILES string of the molecule is CCCC(CO)COc1cccnc1. The van der Waals surface area contributed by atoms with Gasteiger partial charge in [0.05, 0.1) is 12.8 Å². The lowest BCUT2D eigenvalue weighted by atomic mass is 10.1. The lowest BCUT2D eigenvalue weighted by Gasteiger charge is -2.13. The van der Waals surface area contributed by atoms with Gasteiger partial charge in [-0.15, -0.1) is 0 Å². The van der Waals surface area contributed by atoms with Crippen LogP contribution in [0.5, 0.6) is 5.75 Å². The van der Waals surface area contributed by atoms with E-state index in [1.807, 2.05) is 12.1 Å². The second-order valence-corrected chi connectivity index (χ2v) is 3.34. The fraction of sp³-hybridized carbons (Fsp3) is 0.545. The van der Waals surface area contributed by atoms with Crippen molar-refractivity contribution in [2.75, 3.05) is 13.2 Å². The van der Waals surface area contributed by atoms with Crippen LogP contribution in [0.2, 0.25) is 0 Å². The van der Waals surface area contributed by atoms with Crippen LogP contribution in [0.4, 0.5) is 0 Å². The number of ether oxygens (including phenoxy) is 1. The maximum atomic E-state index is 9.04. The second-order valence-electron chi connectivity index (χ2n) is 3.34. The molecule has 1 atom stereocenters. The van der Waals surface area contributed by atoms with Gasteiger partial charge in [0.25, 0.3) is 0 Å². The van der Waals surface area contributed by atoms with Gasteiger partial charge in [-0.3, -0.25) is 4.98 Å². The number of hydrogen-bond donors (Lipinski definition) is 1. The molecule has 1 heterocycles. The molecule has 1 N–H and O–H groups in total. The molecule has 78 valence electrons. The van der Waals surface area contributed by atoms with Gasteiger partial charge >= 0.3 is 0 Å². The predicted octanol–water partition coefficient (Wildman–Crippen LogP) is 1.87. The van der Waals surface area contributed by atoms with E-state index in [9.17, 15) is 0 Å². The summed E-state index contributed by atoms with van der Waals surface area (Å²) in [5.74, 6) is 1.00. The Kier molecular flexibility index (Phi) is 5.00. The van der Waals surface area contributed by atoms with Gasteiger partial charge in [0.2, 0.25) is 0 Å². The first-order valence-electron chi connectivity index (χ1n) is 5.00. The van der Waals surface area contributed by atoms with E-state index in [4.69, 9.17) is 9.84 Å². The molecule has 1 rings (SSSR count). The Morgan fingerprint density at radius 1 is 1.57 bits per heavy atom. The number of aromatic nitrogens is 1. The van der Waals surface area contributed by atoms with Gasteiger partial charge in [-0.2, -0.15) is 0 Å². The lowest BCUT2D eigenvalue weighted by molar-refractivity contribution is 0.155. The summed E-state index contributed by atoms with van der Waals surface area (Å²) in [5, 5.41) is 9.04. The lowest BCUT2D eigenvalue weighted by Crippen LogP contribution is -2.15. The van der Waals surface area contributed by atoms with Crippen LogP contribution in [0.15, 0.2) is 24.5 Å². The maximum Gasteiger partial charge on any atom is 0.137 e. The van der Waals surface area contributed by atoms with Crippen LogP contribution in [0, 0.1) is 5.92 Å². The molecule has 0 amide bonds. The van der Waals surface area contributed by atoms with Crippen LogP contribution < -0.4 is 4.74 Å². The predicted molar refractivity (Wildman–Crippen MR) is 55.2 cm³/mol. The van der Waals surface area contributed by atoms with E-state index in [1.54, 1.807) is 12.4 Å². The molecule has 0 saturated carbocycles. The molecule has 0 aliphatic heterocycles. The summed E-state index contributed by atoms with van der Waals surface area (Å²) < 4.78 is 5.49. The highest BCUT2D eigenvalue weighted by atomic mass is 16.5. The summed E-state index contributed by atoms with van der Waals surface area (Å²) in [4.78, 5) is 3.95. The van der Waals surface area contributed by atoms with E-state index >= 15 is 0 Å². The monoisotopic (exact) mass is 195 g/mol. The van der Waals surface area contributed by atoms with Crippen molar-refractivity contribution in [2.24, 2.45) is 5.92 Å². The molecule has 0 fully saturated rings. The van der Waals surface area contributed by atoms with Crippen molar-refractivity contribution >= 4 is 0 Å². The molecule has 1 aromatic heterocycles. The molecule has 14 heavy (non-hydrogen) atoms. The molecule has 3 nitrogen and oxygen atoms in total. The summed E-state index contributed by atoms with van der Waals surface area (Å²) in [6.45, 7) is 2.86. The van der Waals surface area contributed by atoms with E-state index in [2.05, 4.69) is 11.9 Å².